The molecule has 2 aromatic carbocycles. The molecule has 1 aliphatic carbocycles. The van der Waals surface area contributed by atoms with Crippen LogP contribution in [0, 0.1) is 5.92 Å². The topological polar surface area (TPSA) is 102 Å². The highest BCUT2D eigenvalue weighted by Crippen LogP contribution is 2.39. The number of nitrogens with two attached hydrogens (primary N) is 1. The normalized spacial score (nSPS) is 22.6. The minimum atomic E-state index is -4.63. The summed E-state index contributed by atoms with van der Waals surface area (Å²) >= 11 is 0. The van der Waals surface area contributed by atoms with Crippen LogP contribution in [0.3, 0.4) is 0 Å². The van der Waals surface area contributed by atoms with E-state index >= 15 is 0 Å². The zero-order valence-electron chi connectivity index (χ0n) is 16.4. The number of phosphoric ester groups is 1. The van der Waals surface area contributed by atoms with Gasteiger partial charge < -0.3 is 20.3 Å². The maximum atomic E-state index is 12.8. The molecule has 0 bridgehead atoms. The number of alkyl halides is 3. The van der Waals surface area contributed by atoms with Gasteiger partial charge in [0.25, 0.3) is 0 Å². The molecule has 0 radical (unpaired) electrons. The lowest BCUT2D eigenvalue weighted by Crippen LogP contribution is -2.37. The van der Waals surface area contributed by atoms with Crippen LogP contribution in [0.4, 0.5) is 13.2 Å². The average Bonchev–Trinajstić information content (AvgIpc) is 2.65. The predicted molar refractivity (Wildman–Crippen MR) is 106 cm³/mol. The first-order chi connectivity index (χ1) is 13.8. The van der Waals surface area contributed by atoms with Gasteiger partial charge in [-0.25, -0.2) is 4.57 Å². The molecular weight excluding hydrogens is 422 g/mol. The molecule has 6 nitrogen and oxygen atoms in total. The Morgan fingerprint density at radius 3 is 2.27 bits per heavy atom. The van der Waals surface area contributed by atoms with Gasteiger partial charge in [0.1, 0.15) is 5.75 Å². The molecule has 0 saturated heterocycles. The first-order valence-electron chi connectivity index (χ1n) is 9.60. The number of hydrogen-bond acceptors (Lipinski definition) is 4. The summed E-state index contributed by atoms with van der Waals surface area (Å²) in [6, 6.07) is 10.7. The lowest BCUT2D eigenvalue weighted by Gasteiger charge is -2.30. The highest BCUT2D eigenvalue weighted by molar-refractivity contribution is 7.46. The molecule has 0 aliphatic heterocycles. The molecule has 1 atom stereocenters. The molecule has 1 aliphatic rings. The number of halogens is 3. The van der Waals surface area contributed by atoms with E-state index in [0.29, 0.717) is 24.2 Å². The Kier molecular flexibility index (Phi) is 6.51. The number of hydrogen-bond donors (Lipinski definition) is 3. The number of fused-ring (bicyclic) bond motifs is 1. The summed E-state index contributed by atoms with van der Waals surface area (Å²) in [4.78, 5) is 17.8. The Hall–Kier alpha value is -1.64. The molecule has 30 heavy (non-hydrogen) atoms. The van der Waals surface area contributed by atoms with Crippen molar-refractivity contribution in [2.75, 3.05) is 6.61 Å². The van der Waals surface area contributed by atoms with Crippen LogP contribution in [0.15, 0.2) is 36.4 Å². The van der Waals surface area contributed by atoms with Gasteiger partial charge in [-0.3, -0.25) is 4.52 Å². The third kappa shape index (κ3) is 5.95. The van der Waals surface area contributed by atoms with Crippen LogP contribution in [0.25, 0.3) is 10.8 Å². The molecule has 1 saturated carbocycles. The van der Waals surface area contributed by atoms with Gasteiger partial charge >= 0.3 is 14.0 Å². The number of ether oxygens (including phenoxy) is 1. The van der Waals surface area contributed by atoms with Crippen molar-refractivity contribution in [3.63, 3.8) is 0 Å². The van der Waals surface area contributed by atoms with Crippen LogP contribution in [-0.2, 0) is 14.6 Å². The van der Waals surface area contributed by atoms with Gasteiger partial charge in [-0.1, -0.05) is 18.2 Å². The third-order valence-corrected chi connectivity index (χ3v) is 5.91. The Morgan fingerprint density at radius 2 is 1.67 bits per heavy atom. The SMILES string of the molecule is C[C@](N)(COP(=O)(O)O)c1ccc2cc(OC3CCC(C(F)(F)F)CC3)ccc2c1. The van der Waals surface area contributed by atoms with E-state index in [1.807, 2.05) is 12.1 Å². The molecule has 166 valence electrons. The Bertz CT molecular complexity index is 936. The third-order valence-electron chi connectivity index (χ3n) is 5.44. The van der Waals surface area contributed by atoms with Crippen LogP contribution in [0.2, 0.25) is 0 Å². The summed E-state index contributed by atoms with van der Waals surface area (Å²) in [7, 11) is -4.63. The number of benzene rings is 2. The first kappa shape index (κ1) is 23.0. The monoisotopic (exact) mass is 447 g/mol. The van der Waals surface area contributed by atoms with Crippen molar-refractivity contribution in [3.05, 3.63) is 42.0 Å². The van der Waals surface area contributed by atoms with Crippen molar-refractivity contribution in [2.24, 2.45) is 11.7 Å². The first-order valence-corrected chi connectivity index (χ1v) is 11.1. The minimum Gasteiger partial charge on any atom is -0.490 e. The van der Waals surface area contributed by atoms with Crippen molar-refractivity contribution >= 4 is 18.6 Å². The molecule has 1 fully saturated rings. The van der Waals surface area contributed by atoms with E-state index in [1.165, 1.54) is 0 Å². The van der Waals surface area contributed by atoms with E-state index in [0.717, 1.165) is 10.8 Å². The Labute approximate surface area is 172 Å². The maximum Gasteiger partial charge on any atom is 0.469 e. The van der Waals surface area contributed by atoms with E-state index < -0.39 is 25.5 Å². The summed E-state index contributed by atoms with van der Waals surface area (Å²) in [5.41, 5.74) is 5.69. The quantitative estimate of drug-likeness (QED) is 0.559. The molecule has 10 heteroatoms. The molecule has 0 amide bonds. The molecule has 3 rings (SSSR count). The predicted octanol–water partition coefficient (Wildman–Crippen LogP) is 4.62. The van der Waals surface area contributed by atoms with E-state index in [1.54, 1.807) is 31.2 Å². The fourth-order valence-corrected chi connectivity index (χ4v) is 4.09. The summed E-state index contributed by atoms with van der Waals surface area (Å²) in [5, 5.41) is 1.69. The fourth-order valence-electron chi connectivity index (χ4n) is 3.65. The molecule has 0 heterocycles. The lowest BCUT2D eigenvalue weighted by atomic mass is 9.87. The van der Waals surface area contributed by atoms with Crippen LogP contribution >= 0.6 is 7.82 Å². The van der Waals surface area contributed by atoms with E-state index in [-0.39, 0.29) is 25.6 Å². The van der Waals surface area contributed by atoms with Crippen LogP contribution in [0.5, 0.6) is 5.75 Å². The van der Waals surface area contributed by atoms with Crippen LogP contribution in [0.1, 0.15) is 38.2 Å². The van der Waals surface area contributed by atoms with Crippen molar-refractivity contribution in [2.45, 2.75) is 50.4 Å². The summed E-state index contributed by atoms with van der Waals surface area (Å²) < 4.78 is 59.8. The van der Waals surface area contributed by atoms with E-state index in [9.17, 15) is 17.7 Å². The van der Waals surface area contributed by atoms with Crippen molar-refractivity contribution in [1.29, 1.82) is 0 Å². The zero-order chi connectivity index (χ0) is 22.2. The second-order valence-electron chi connectivity index (χ2n) is 8.04. The summed E-state index contributed by atoms with van der Waals surface area (Å²) in [5.74, 6) is -0.654. The second kappa shape index (κ2) is 8.48. The highest BCUT2D eigenvalue weighted by Gasteiger charge is 2.41. The van der Waals surface area contributed by atoms with E-state index in [2.05, 4.69) is 4.52 Å². The lowest BCUT2D eigenvalue weighted by molar-refractivity contribution is -0.185. The molecule has 4 N–H and O–H groups in total. The maximum absolute atomic E-state index is 12.8. The summed E-state index contributed by atoms with van der Waals surface area (Å²) in [6.45, 7) is 1.25. The molecule has 0 unspecified atom stereocenters. The molecule has 2 aromatic rings. The van der Waals surface area contributed by atoms with Gasteiger partial charge in [-0.2, -0.15) is 13.2 Å². The minimum absolute atomic E-state index is 0.0802. The van der Waals surface area contributed by atoms with Crippen LogP contribution < -0.4 is 10.5 Å². The standard InChI is InChI=1S/C20H25F3NO5P/c1-19(24,12-28-30(25,26)27)16-4-2-14-11-18(7-3-13(14)10-16)29-17-8-5-15(6-9-17)20(21,22)23/h2-4,7,10-11,15,17H,5-6,8-9,12,24H2,1H3,(H2,25,26,27)/t15?,17?,19-/m0/s1. The highest BCUT2D eigenvalue weighted by atomic mass is 31.2. The average molecular weight is 447 g/mol. The van der Waals surface area contributed by atoms with E-state index in [4.69, 9.17) is 20.3 Å². The van der Waals surface area contributed by atoms with Gasteiger partial charge in [0.05, 0.1) is 24.2 Å². The van der Waals surface area contributed by atoms with Crippen LogP contribution in [-0.4, -0.2) is 28.7 Å². The Morgan fingerprint density at radius 1 is 1.07 bits per heavy atom. The van der Waals surface area contributed by atoms with Gasteiger partial charge in [-0.05, 0) is 67.1 Å². The molecule has 0 aromatic heterocycles. The number of phosphoric acid groups is 1. The van der Waals surface area contributed by atoms with Gasteiger partial charge in [0.15, 0.2) is 0 Å². The molecular formula is C20H25F3NO5P. The smallest absolute Gasteiger partial charge is 0.469 e. The van der Waals surface area contributed by atoms with Gasteiger partial charge in [0.2, 0.25) is 0 Å². The molecule has 0 spiro atoms. The van der Waals surface area contributed by atoms with Gasteiger partial charge in [-0.15, -0.1) is 0 Å². The van der Waals surface area contributed by atoms with Crippen molar-refractivity contribution in [1.82, 2.24) is 0 Å². The fraction of sp³-hybridized carbons (Fsp3) is 0.500. The van der Waals surface area contributed by atoms with Crippen molar-refractivity contribution < 1.29 is 36.8 Å². The second-order valence-corrected chi connectivity index (χ2v) is 9.28. The van der Waals surface area contributed by atoms with Gasteiger partial charge in [0, 0.05) is 0 Å². The largest absolute Gasteiger partial charge is 0.490 e. The zero-order valence-corrected chi connectivity index (χ0v) is 17.3. The Balaban J connectivity index is 1.68. The summed E-state index contributed by atoms with van der Waals surface area (Å²) in [6.07, 6.45) is -3.48. The number of rotatable bonds is 6. The van der Waals surface area contributed by atoms with Crippen molar-refractivity contribution in [3.8, 4) is 5.75 Å².